The Hall–Kier alpha value is -3.29. The molecule has 2 atom stereocenters. The zero-order valence-corrected chi connectivity index (χ0v) is 18.9. The average Bonchev–Trinajstić information content (AvgIpc) is 3.46. The van der Waals surface area contributed by atoms with Crippen LogP contribution in [0.15, 0.2) is 84.4 Å². The molecule has 1 aliphatic heterocycles. The number of carbonyl (C=O) groups is 1. The molecule has 0 bridgehead atoms. The summed E-state index contributed by atoms with van der Waals surface area (Å²) in [6.45, 7) is 0.522. The van der Waals surface area contributed by atoms with E-state index < -0.39 is 0 Å². The lowest BCUT2D eigenvalue weighted by molar-refractivity contribution is -0.116. The zero-order chi connectivity index (χ0) is 21.9. The Balaban J connectivity index is 1.33. The van der Waals surface area contributed by atoms with Crippen LogP contribution in [-0.2, 0) is 4.79 Å². The topological polar surface area (TPSA) is 57.3 Å². The molecule has 1 aliphatic rings. The van der Waals surface area contributed by atoms with Gasteiger partial charge in [-0.1, -0.05) is 48.5 Å². The fraction of sp³-hybridized carbons (Fsp3) is 0.160. The highest BCUT2D eigenvalue weighted by Gasteiger charge is 2.40. The number of rotatable bonds is 6. The Labute approximate surface area is 196 Å². The number of pyridine rings is 1. The summed E-state index contributed by atoms with van der Waals surface area (Å²) in [6.07, 6.45) is 2.13. The lowest BCUT2D eigenvalue weighted by Gasteiger charge is -2.26. The molecule has 160 valence electrons. The van der Waals surface area contributed by atoms with Gasteiger partial charge in [0.1, 0.15) is 0 Å². The second kappa shape index (κ2) is 9.06. The summed E-state index contributed by atoms with van der Waals surface area (Å²) in [7, 11) is 0. The number of nitrogens with zero attached hydrogens (tertiary/aromatic N) is 2. The van der Waals surface area contributed by atoms with Crippen molar-refractivity contribution in [3.63, 3.8) is 0 Å². The van der Waals surface area contributed by atoms with Gasteiger partial charge in [0.15, 0.2) is 5.11 Å². The summed E-state index contributed by atoms with van der Waals surface area (Å²) in [5.74, 6) is -0.0321. The summed E-state index contributed by atoms with van der Waals surface area (Å²) in [4.78, 5) is 20.7. The van der Waals surface area contributed by atoms with Crippen molar-refractivity contribution in [2.75, 3.05) is 11.9 Å². The van der Waals surface area contributed by atoms with E-state index >= 15 is 0 Å². The highest BCUT2D eigenvalue weighted by molar-refractivity contribution is 7.80. The summed E-state index contributed by atoms with van der Waals surface area (Å²) in [6, 6.07) is 24.0. The Morgan fingerprint density at radius 1 is 1.06 bits per heavy atom. The van der Waals surface area contributed by atoms with Crippen LogP contribution in [0, 0.1) is 0 Å². The van der Waals surface area contributed by atoms with Gasteiger partial charge in [-0.3, -0.25) is 9.78 Å². The monoisotopic (exact) mass is 458 g/mol. The van der Waals surface area contributed by atoms with Gasteiger partial charge in [-0.05, 0) is 47.2 Å². The molecule has 1 fully saturated rings. The number of carbonyl (C=O) groups excluding carboxylic acids is 1. The average molecular weight is 459 g/mol. The molecule has 3 heterocycles. The molecule has 0 aliphatic carbocycles. The van der Waals surface area contributed by atoms with Gasteiger partial charge in [-0.15, -0.1) is 11.3 Å². The first-order chi connectivity index (χ1) is 15.7. The van der Waals surface area contributed by atoms with Gasteiger partial charge in [0.25, 0.3) is 0 Å². The molecule has 0 saturated carbocycles. The Morgan fingerprint density at radius 3 is 2.72 bits per heavy atom. The third-order valence-corrected chi connectivity index (χ3v) is 6.97. The van der Waals surface area contributed by atoms with E-state index in [1.807, 2.05) is 66.7 Å². The Kier molecular flexibility index (Phi) is 5.83. The Bertz CT molecular complexity index is 1240. The van der Waals surface area contributed by atoms with E-state index in [9.17, 15) is 4.79 Å². The molecule has 32 heavy (non-hydrogen) atoms. The predicted octanol–water partition coefficient (Wildman–Crippen LogP) is 5.30. The van der Waals surface area contributed by atoms with E-state index in [1.165, 1.54) is 4.88 Å². The number of amides is 1. The normalized spacial score (nSPS) is 18.0. The number of benzene rings is 2. The molecule has 0 radical (unpaired) electrons. The van der Waals surface area contributed by atoms with E-state index in [0.29, 0.717) is 18.1 Å². The number of fused-ring (bicyclic) bond motifs is 1. The van der Waals surface area contributed by atoms with Crippen LogP contribution in [0.3, 0.4) is 0 Å². The summed E-state index contributed by atoms with van der Waals surface area (Å²) in [5.41, 5.74) is 1.77. The van der Waals surface area contributed by atoms with Crippen molar-refractivity contribution in [1.29, 1.82) is 0 Å². The van der Waals surface area contributed by atoms with Crippen molar-refractivity contribution < 1.29 is 4.79 Å². The van der Waals surface area contributed by atoms with Gasteiger partial charge in [-0.25, -0.2) is 0 Å². The van der Waals surface area contributed by atoms with Gasteiger partial charge < -0.3 is 15.5 Å². The van der Waals surface area contributed by atoms with Gasteiger partial charge in [0.05, 0.1) is 17.8 Å². The molecule has 2 N–H and O–H groups in total. The smallest absolute Gasteiger partial charge is 0.226 e. The molecular weight excluding hydrogens is 436 g/mol. The lowest BCUT2D eigenvalue weighted by Crippen LogP contribution is -2.32. The molecule has 2 aromatic carbocycles. The molecule has 5 rings (SSSR count). The van der Waals surface area contributed by atoms with Gasteiger partial charge in [0.2, 0.25) is 5.91 Å². The highest BCUT2D eigenvalue weighted by Crippen LogP contribution is 2.40. The van der Waals surface area contributed by atoms with E-state index in [4.69, 9.17) is 12.2 Å². The van der Waals surface area contributed by atoms with Crippen molar-refractivity contribution in [3.8, 4) is 0 Å². The second-order valence-corrected chi connectivity index (χ2v) is 9.03. The number of anilines is 1. The van der Waals surface area contributed by atoms with Crippen LogP contribution in [0.2, 0.25) is 0 Å². The first kappa shape index (κ1) is 20.6. The van der Waals surface area contributed by atoms with E-state index in [2.05, 4.69) is 32.0 Å². The quantitative estimate of drug-likeness (QED) is 0.384. The first-order valence-corrected chi connectivity index (χ1v) is 11.8. The summed E-state index contributed by atoms with van der Waals surface area (Å²) in [5, 5.41) is 11.4. The maximum atomic E-state index is 12.9. The van der Waals surface area contributed by atoms with Gasteiger partial charge in [-0.2, -0.15) is 0 Å². The fourth-order valence-corrected chi connectivity index (χ4v) is 5.39. The van der Waals surface area contributed by atoms with Crippen LogP contribution in [0.5, 0.6) is 0 Å². The molecular formula is C25H22N4OS2. The highest BCUT2D eigenvalue weighted by atomic mass is 32.1. The van der Waals surface area contributed by atoms with Crippen LogP contribution < -0.4 is 10.6 Å². The van der Waals surface area contributed by atoms with Gasteiger partial charge >= 0.3 is 0 Å². The van der Waals surface area contributed by atoms with Crippen LogP contribution in [0.4, 0.5) is 5.69 Å². The zero-order valence-electron chi connectivity index (χ0n) is 17.3. The van der Waals surface area contributed by atoms with Crippen molar-refractivity contribution in [2.24, 2.45) is 0 Å². The number of aromatic nitrogens is 1. The molecule has 7 heteroatoms. The Morgan fingerprint density at radius 2 is 1.91 bits per heavy atom. The molecule has 0 unspecified atom stereocenters. The maximum absolute atomic E-state index is 12.9. The minimum absolute atomic E-state index is 0.00255. The molecule has 4 aromatic rings. The van der Waals surface area contributed by atoms with Crippen molar-refractivity contribution >= 4 is 51.0 Å². The second-order valence-electron chi connectivity index (χ2n) is 7.66. The van der Waals surface area contributed by atoms with Crippen LogP contribution in [0.25, 0.3) is 10.8 Å². The predicted molar refractivity (Wildman–Crippen MR) is 134 cm³/mol. The standard InChI is InChI=1S/C25H22N4OS2/c30-22(27-19-11-5-8-17-7-1-2-9-18(17)19)13-15-29-24(21-12-6-16-32-21)23(28-25(29)31)20-10-3-4-14-26-20/h1-12,14,16,23-24H,13,15H2,(H,27,30)(H,28,31)/t23-,24-/m1/s1. The third kappa shape index (κ3) is 4.09. The van der Waals surface area contributed by atoms with Crippen molar-refractivity contribution in [3.05, 3.63) is 94.9 Å². The van der Waals surface area contributed by atoms with Gasteiger partial charge in [0, 0.05) is 35.1 Å². The van der Waals surface area contributed by atoms with E-state index in [1.54, 1.807) is 17.5 Å². The van der Waals surface area contributed by atoms with Crippen LogP contribution >= 0.6 is 23.6 Å². The minimum atomic E-state index is -0.0523. The summed E-state index contributed by atoms with van der Waals surface area (Å²) < 4.78 is 0. The third-order valence-electron chi connectivity index (χ3n) is 5.68. The number of hydrogen-bond acceptors (Lipinski definition) is 4. The number of thiocarbonyl (C=S) groups is 1. The molecule has 5 nitrogen and oxygen atoms in total. The van der Waals surface area contributed by atoms with Crippen LogP contribution in [-0.4, -0.2) is 27.4 Å². The number of nitrogens with one attached hydrogen (secondary N) is 2. The lowest BCUT2D eigenvalue weighted by atomic mass is 10.0. The SMILES string of the molecule is O=C(CCN1C(=S)N[C@H](c2ccccn2)[C@H]1c1cccs1)Nc1cccc2ccccc12. The summed E-state index contributed by atoms with van der Waals surface area (Å²) >= 11 is 7.37. The van der Waals surface area contributed by atoms with E-state index in [0.717, 1.165) is 22.2 Å². The number of thiophene rings is 1. The van der Waals surface area contributed by atoms with Crippen molar-refractivity contribution in [1.82, 2.24) is 15.2 Å². The molecule has 0 spiro atoms. The van der Waals surface area contributed by atoms with E-state index in [-0.39, 0.29) is 18.0 Å². The first-order valence-electron chi connectivity index (χ1n) is 10.5. The molecule has 1 amide bonds. The fourth-order valence-electron chi connectivity index (χ4n) is 4.18. The molecule has 2 aromatic heterocycles. The number of hydrogen-bond donors (Lipinski definition) is 2. The molecule has 1 saturated heterocycles. The van der Waals surface area contributed by atoms with Crippen molar-refractivity contribution in [2.45, 2.75) is 18.5 Å². The largest absolute Gasteiger partial charge is 0.352 e. The van der Waals surface area contributed by atoms with Crippen LogP contribution in [0.1, 0.15) is 29.1 Å². The minimum Gasteiger partial charge on any atom is -0.352 e. The maximum Gasteiger partial charge on any atom is 0.226 e.